The molecule has 0 N–H and O–H groups in total. The summed E-state index contributed by atoms with van der Waals surface area (Å²) in [4.78, 5) is 18.2. The summed E-state index contributed by atoms with van der Waals surface area (Å²) in [5.41, 5.74) is 2.57. The van der Waals surface area contributed by atoms with E-state index >= 15 is 0 Å². The molecule has 0 fully saturated rings. The van der Waals surface area contributed by atoms with E-state index in [1.54, 1.807) is 6.07 Å². The molecular formula is C24H19F3N2OS. The van der Waals surface area contributed by atoms with Crippen molar-refractivity contribution in [3.8, 4) is 0 Å². The van der Waals surface area contributed by atoms with Crippen molar-refractivity contribution in [2.75, 3.05) is 18.0 Å². The fraction of sp³-hybridized carbons (Fsp3) is 0.208. The largest absolute Gasteiger partial charge is 0.416 e. The standard InChI is InChI=1S/C24H19F3N2OS/c25-24(26,27)17-10-11-22-20(14-17)29(19-8-3-4-9-21(19)31-22)13-5-12-28-15-16-6-1-2-7-18(16)23(28)30/h1-4,6-11,14H,5,12-13,15H2. The fourth-order valence-corrected chi connectivity index (χ4v) is 5.24. The molecule has 0 radical (unpaired) electrons. The Labute approximate surface area is 182 Å². The molecule has 0 aromatic heterocycles. The quantitative estimate of drug-likeness (QED) is 0.472. The van der Waals surface area contributed by atoms with Crippen LogP contribution in [0.3, 0.4) is 0 Å². The fourth-order valence-electron chi connectivity index (χ4n) is 4.16. The van der Waals surface area contributed by atoms with Gasteiger partial charge in [0.25, 0.3) is 5.91 Å². The van der Waals surface area contributed by atoms with E-state index in [1.165, 1.54) is 17.8 Å². The van der Waals surface area contributed by atoms with Gasteiger partial charge in [0.15, 0.2) is 0 Å². The van der Waals surface area contributed by atoms with Gasteiger partial charge in [-0.1, -0.05) is 42.1 Å². The number of alkyl halides is 3. The zero-order valence-corrected chi connectivity index (χ0v) is 17.3. The number of carbonyl (C=O) groups is 1. The van der Waals surface area contributed by atoms with Gasteiger partial charge < -0.3 is 9.80 Å². The summed E-state index contributed by atoms with van der Waals surface area (Å²) < 4.78 is 40.0. The second-order valence-corrected chi connectivity index (χ2v) is 8.72. The Hall–Kier alpha value is -2.93. The van der Waals surface area contributed by atoms with Crippen molar-refractivity contribution < 1.29 is 18.0 Å². The molecule has 2 aliphatic rings. The third-order valence-electron chi connectivity index (χ3n) is 5.66. The first-order valence-electron chi connectivity index (χ1n) is 10.0. The molecule has 2 heterocycles. The lowest BCUT2D eigenvalue weighted by Crippen LogP contribution is -2.29. The van der Waals surface area contributed by atoms with Gasteiger partial charge in [-0.3, -0.25) is 4.79 Å². The molecule has 1 amide bonds. The first-order chi connectivity index (χ1) is 14.9. The van der Waals surface area contributed by atoms with E-state index in [4.69, 9.17) is 0 Å². The maximum Gasteiger partial charge on any atom is 0.416 e. The molecule has 158 valence electrons. The Morgan fingerprint density at radius 2 is 1.61 bits per heavy atom. The second-order valence-electron chi connectivity index (χ2n) is 7.64. The average molecular weight is 440 g/mol. The van der Waals surface area contributed by atoms with Crippen LogP contribution in [-0.4, -0.2) is 23.9 Å². The van der Waals surface area contributed by atoms with Crippen molar-refractivity contribution >= 4 is 29.0 Å². The first-order valence-corrected chi connectivity index (χ1v) is 10.9. The number of carbonyl (C=O) groups excluding carboxylic acids is 1. The Bertz CT molecular complexity index is 1160. The molecule has 0 saturated heterocycles. The minimum absolute atomic E-state index is 0.0185. The number of halogens is 3. The van der Waals surface area contributed by atoms with Gasteiger partial charge in [-0.05, 0) is 48.4 Å². The summed E-state index contributed by atoms with van der Waals surface area (Å²) in [5.74, 6) is 0.0185. The van der Waals surface area contributed by atoms with Crippen molar-refractivity contribution in [2.24, 2.45) is 0 Å². The van der Waals surface area contributed by atoms with Gasteiger partial charge in [-0.15, -0.1) is 0 Å². The van der Waals surface area contributed by atoms with Gasteiger partial charge in [-0.25, -0.2) is 0 Å². The highest BCUT2D eigenvalue weighted by atomic mass is 32.2. The molecule has 0 spiro atoms. The molecule has 7 heteroatoms. The number of para-hydroxylation sites is 1. The van der Waals surface area contributed by atoms with E-state index in [0.29, 0.717) is 31.7 Å². The van der Waals surface area contributed by atoms with Crippen LogP contribution in [0.4, 0.5) is 24.5 Å². The number of anilines is 2. The van der Waals surface area contributed by atoms with Crippen LogP contribution in [0.25, 0.3) is 0 Å². The van der Waals surface area contributed by atoms with Crippen LogP contribution < -0.4 is 4.90 Å². The smallest absolute Gasteiger partial charge is 0.340 e. The number of hydrogen-bond donors (Lipinski definition) is 0. The monoisotopic (exact) mass is 440 g/mol. The van der Waals surface area contributed by atoms with Gasteiger partial charge in [0.2, 0.25) is 0 Å². The van der Waals surface area contributed by atoms with Crippen molar-refractivity contribution in [1.29, 1.82) is 0 Å². The summed E-state index contributed by atoms with van der Waals surface area (Å²) >= 11 is 1.48. The number of hydrogen-bond acceptors (Lipinski definition) is 3. The van der Waals surface area contributed by atoms with Gasteiger partial charge in [0, 0.05) is 35.0 Å². The SMILES string of the molecule is O=C1c2ccccc2CN1CCCN1c2ccccc2Sc2ccc(C(F)(F)F)cc21. The maximum absolute atomic E-state index is 13.3. The Kier molecular flexibility index (Phi) is 4.93. The van der Waals surface area contributed by atoms with E-state index < -0.39 is 11.7 Å². The number of fused-ring (bicyclic) bond motifs is 3. The summed E-state index contributed by atoms with van der Waals surface area (Å²) in [6, 6.07) is 19.2. The summed E-state index contributed by atoms with van der Waals surface area (Å²) in [7, 11) is 0. The van der Waals surface area contributed by atoms with Gasteiger partial charge in [0.05, 0.1) is 16.9 Å². The second kappa shape index (κ2) is 7.64. The van der Waals surface area contributed by atoms with Gasteiger partial charge in [-0.2, -0.15) is 13.2 Å². The molecule has 2 aliphatic heterocycles. The number of amides is 1. The number of rotatable bonds is 4. The molecule has 31 heavy (non-hydrogen) atoms. The van der Waals surface area contributed by atoms with Crippen molar-refractivity contribution in [2.45, 2.75) is 28.9 Å². The third-order valence-corrected chi connectivity index (χ3v) is 6.79. The highest BCUT2D eigenvalue weighted by Gasteiger charge is 2.33. The van der Waals surface area contributed by atoms with Crippen LogP contribution in [0, 0.1) is 0 Å². The van der Waals surface area contributed by atoms with E-state index in [-0.39, 0.29) is 5.91 Å². The van der Waals surface area contributed by atoms with Crippen LogP contribution in [-0.2, 0) is 12.7 Å². The van der Waals surface area contributed by atoms with Crippen molar-refractivity contribution in [3.63, 3.8) is 0 Å². The van der Waals surface area contributed by atoms with Gasteiger partial charge >= 0.3 is 6.18 Å². The Morgan fingerprint density at radius 1 is 0.871 bits per heavy atom. The molecule has 0 saturated carbocycles. The summed E-state index contributed by atoms with van der Waals surface area (Å²) in [6.45, 7) is 1.65. The molecule has 3 aromatic rings. The molecule has 5 rings (SSSR count). The van der Waals surface area contributed by atoms with E-state index in [1.807, 2.05) is 58.3 Å². The molecule has 0 bridgehead atoms. The summed E-state index contributed by atoms with van der Waals surface area (Å²) in [6.07, 6.45) is -3.75. The van der Waals surface area contributed by atoms with E-state index in [9.17, 15) is 18.0 Å². The maximum atomic E-state index is 13.3. The zero-order valence-electron chi connectivity index (χ0n) is 16.5. The van der Waals surface area contributed by atoms with Crippen LogP contribution in [0.15, 0.2) is 76.5 Å². The van der Waals surface area contributed by atoms with E-state index in [2.05, 4.69) is 0 Å². The first kappa shape index (κ1) is 20.0. The highest BCUT2D eigenvalue weighted by molar-refractivity contribution is 7.99. The Morgan fingerprint density at radius 3 is 2.42 bits per heavy atom. The lowest BCUT2D eigenvalue weighted by atomic mass is 10.1. The highest BCUT2D eigenvalue weighted by Crippen LogP contribution is 2.49. The zero-order chi connectivity index (χ0) is 21.6. The van der Waals surface area contributed by atoms with Crippen molar-refractivity contribution in [1.82, 2.24) is 4.90 Å². The molecular weight excluding hydrogens is 421 g/mol. The molecule has 0 unspecified atom stereocenters. The minimum atomic E-state index is -4.39. The Balaban J connectivity index is 1.38. The number of nitrogens with zero attached hydrogens (tertiary/aromatic N) is 2. The van der Waals surface area contributed by atoms with Crippen LogP contribution in [0.5, 0.6) is 0 Å². The van der Waals surface area contributed by atoms with Crippen LogP contribution >= 0.6 is 11.8 Å². The van der Waals surface area contributed by atoms with Crippen LogP contribution in [0.1, 0.15) is 27.9 Å². The average Bonchev–Trinajstić information content (AvgIpc) is 3.08. The van der Waals surface area contributed by atoms with E-state index in [0.717, 1.165) is 32.7 Å². The lowest BCUT2D eigenvalue weighted by molar-refractivity contribution is -0.137. The van der Waals surface area contributed by atoms with Crippen molar-refractivity contribution in [3.05, 3.63) is 83.4 Å². The predicted octanol–water partition coefficient (Wildman–Crippen LogP) is 6.35. The number of benzene rings is 3. The van der Waals surface area contributed by atoms with Crippen LogP contribution in [0.2, 0.25) is 0 Å². The van der Waals surface area contributed by atoms with Gasteiger partial charge in [0.1, 0.15) is 0 Å². The lowest BCUT2D eigenvalue weighted by Gasteiger charge is -2.33. The molecule has 3 aromatic carbocycles. The molecule has 0 aliphatic carbocycles. The predicted molar refractivity (Wildman–Crippen MR) is 115 cm³/mol. The summed E-state index contributed by atoms with van der Waals surface area (Å²) in [5, 5.41) is 0. The molecule has 3 nitrogen and oxygen atoms in total. The molecule has 0 atom stereocenters. The minimum Gasteiger partial charge on any atom is -0.340 e. The normalized spacial score (nSPS) is 15.0. The topological polar surface area (TPSA) is 23.6 Å². The third kappa shape index (κ3) is 3.67.